The van der Waals surface area contributed by atoms with E-state index in [0.29, 0.717) is 17.8 Å². The topological polar surface area (TPSA) is 15.3 Å². The number of piperazine rings is 1. The summed E-state index contributed by atoms with van der Waals surface area (Å²) in [4.78, 5) is 2.02. The summed E-state index contributed by atoms with van der Waals surface area (Å²) in [5, 5.41) is 3.23. The maximum atomic E-state index is 12.5. The lowest BCUT2D eigenvalue weighted by atomic mass is 9.88. The fraction of sp³-hybridized carbons (Fsp3) is 0.455. The number of hydrogen-bond donors (Lipinski definition) is 1. The Morgan fingerprint density at radius 3 is 2.62 bits per heavy atom. The Balaban J connectivity index is 1.85. The zero-order valence-corrected chi connectivity index (χ0v) is 8.46. The Kier molecular flexibility index (Phi) is 1.95. The number of nitrogens with zero attached hydrogens (tertiary/aromatic N) is 1. The predicted octanol–water partition coefficient (Wildman–Crippen LogP) is 1.87. The van der Waals surface area contributed by atoms with E-state index in [1.54, 1.807) is 6.07 Å². The number of anilines is 1. The molecule has 0 bridgehead atoms. The molecule has 5 heteroatoms. The number of rotatable bonds is 1. The minimum atomic E-state index is -4.25. The van der Waals surface area contributed by atoms with Crippen LogP contribution in [0.1, 0.15) is 5.56 Å². The molecule has 3 rings (SSSR count). The van der Waals surface area contributed by atoms with Crippen LogP contribution in [0.15, 0.2) is 24.3 Å². The van der Waals surface area contributed by atoms with Gasteiger partial charge in [0.1, 0.15) is 0 Å². The highest BCUT2D eigenvalue weighted by Crippen LogP contribution is 2.35. The van der Waals surface area contributed by atoms with E-state index in [2.05, 4.69) is 5.32 Å². The molecule has 16 heavy (non-hydrogen) atoms. The van der Waals surface area contributed by atoms with Crippen molar-refractivity contribution < 1.29 is 13.2 Å². The molecule has 86 valence electrons. The van der Waals surface area contributed by atoms with Crippen molar-refractivity contribution in [1.82, 2.24) is 5.32 Å². The second-order valence-corrected chi connectivity index (χ2v) is 4.28. The lowest BCUT2D eigenvalue weighted by Gasteiger charge is -2.57. The summed E-state index contributed by atoms with van der Waals surface area (Å²) in [6.07, 6.45) is -4.25. The number of nitrogens with one attached hydrogen (secondary N) is 1. The van der Waals surface area contributed by atoms with Gasteiger partial charge >= 0.3 is 6.18 Å². The third kappa shape index (κ3) is 1.38. The molecule has 2 atom stereocenters. The van der Waals surface area contributed by atoms with E-state index in [1.165, 1.54) is 12.1 Å². The van der Waals surface area contributed by atoms with Gasteiger partial charge in [0.05, 0.1) is 11.6 Å². The first-order chi connectivity index (χ1) is 7.55. The number of hydrogen-bond acceptors (Lipinski definition) is 2. The van der Waals surface area contributed by atoms with Gasteiger partial charge in [-0.05, 0) is 18.2 Å². The number of halogens is 3. The Morgan fingerprint density at radius 2 is 2.12 bits per heavy atom. The quantitative estimate of drug-likeness (QED) is 0.789. The Bertz CT molecular complexity index is 416. The highest BCUT2D eigenvalue weighted by molar-refractivity contribution is 5.54. The van der Waals surface area contributed by atoms with Crippen LogP contribution in [0.4, 0.5) is 18.9 Å². The van der Waals surface area contributed by atoms with E-state index in [1.807, 2.05) is 4.90 Å². The van der Waals surface area contributed by atoms with Crippen LogP contribution in [0.3, 0.4) is 0 Å². The predicted molar refractivity (Wildman–Crippen MR) is 54.4 cm³/mol. The Morgan fingerprint density at radius 1 is 1.31 bits per heavy atom. The first kappa shape index (κ1) is 9.96. The SMILES string of the molecule is FC(F)(F)c1cccc(N2CC3NCC32)c1. The van der Waals surface area contributed by atoms with E-state index in [0.717, 1.165) is 19.2 Å². The molecule has 1 N–H and O–H groups in total. The summed E-state index contributed by atoms with van der Waals surface area (Å²) < 4.78 is 37.5. The number of benzene rings is 1. The van der Waals surface area contributed by atoms with Gasteiger partial charge in [-0.15, -0.1) is 0 Å². The first-order valence-electron chi connectivity index (χ1n) is 5.23. The Labute approximate surface area is 91.1 Å². The van der Waals surface area contributed by atoms with E-state index in [-0.39, 0.29) is 0 Å². The van der Waals surface area contributed by atoms with Gasteiger partial charge in [-0.25, -0.2) is 0 Å². The van der Waals surface area contributed by atoms with Gasteiger partial charge < -0.3 is 10.2 Å². The molecular formula is C11H11F3N2. The van der Waals surface area contributed by atoms with Crippen LogP contribution >= 0.6 is 0 Å². The second kappa shape index (κ2) is 3.13. The third-order valence-electron chi connectivity index (χ3n) is 3.35. The van der Waals surface area contributed by atoms with Crippen LogP contribution in [0.25, 0.3) is 0 Å². The highest BCUT2D eigenvalue weighted by atomic mass is 19.4. The number of alkyl halides is 3. The fourth-order valence-electron chi connectivity index (χ4n) is 2.27. The zero-order valence-electron chi connectivity index (χ0n) is 8.46. The van der Waals surface area contributed by atoms with Crippen molar-refractivity contribution in [3.63, 3.8) is 0 Å². The molecule has 2 fully saturated rings. The van der Waals surface area contributed by atoms with E-state index in [4.69, 9.17) is 0 Å². The smallest absolute Gasteiger partial charge is 0.364 e. The van der Waals surface area contributed by atoms with Crippen LogP contribution < -0.4 is 10.2 Å². The van der Waals surface area contributed by atoms with Gasteiger partial charge in [-0.2, -0.15) is 13.2 Å². The zero-order chi connectivity index (χ0) is 11.3. The van der Waals surface area contributed by atoms with Crippen LogP contribution in [0, 0.1) is 0 Å². The van der Waals surface area contributed by atoms with Crippen molar-refractivity contribution in [2.75, 3.05) is 18.0 Å². The van der Waals surface area contributed by atoms with Gasteiger partial charge in [0.25, 0.3) is 0 Å². The molecule has 0 saturated carbocycles. The summed E-state index contributed by atoms with van der Waals surface area (Å²) in [6.45, 7) is 1.69. The fourth-order valence-corrected chi connectivity index (χ4v) is 2.27. The molecule has 2 nitrogen and oxygen atoms in total. The molecule has 2 aliphatic heterocycles. The average molecular weight is 228 g/mol. The number of fused-ring (bicyclic) bond motifs is 1. The summed E-state index contributed by atoms with van der Waals surface area (Å²) in [5.41, 5.74) is 0.110. The highest BCUT2D eigenvalue weighted by Gasteiger charge is 2.45. The molecule has 2 saturated heterocycles. The molecule has 2 unspecified atom stereocenters. The van der Waals surface area contributed by atoms with Crippen LogP contribution in [-0.4, -0.2) is 25.2 Å². The van der Waals surface area contributed by atoms with E-state index >= 15 is 0 Å². The van der Waals surface area contributed by atoms with Gasteiger partial charge in [-0.1, -0.05) is 6.07 Å². The normalized spacial score (nSPS) is 28.1. The van der Waals surface area contributed by atoms with Crippen LogP contribution in [0.2, 0.25) is 0 Å². The van der Waals surface area contributed by atoms with Gasteiger partial charge in [0.15, 0.2) is 0 Å². The summed E-state index contributed by atoms with van der Waals surface area (Å²) in [5.74, 6) is 0. The van der Waals surface area contributed by atoms with Crippen LogP contribution in [0.5, 0.6) is 0 Å². The summed E-state index contributed by atoms with van der Waals surface area (Å²) >= 11 is 0. The van der Waals surface area contributed by atoms with Gasteiger partial charge in [0, 0.05) is 24.8 Å². The molecule has 1 aromatic carbocycles. The van der Waals surface area contributed by atoms with Crippen molar-refractivity contribution >= 4 is 5.69 Å². The van der Waals surface area contributed by atoms with Crippen LogP contribution in [-0.2, 0) is 6.18 Å². The van der Waals surface area contributed by atoms with Gasteiger partial charge in [-0.3, -0.25) is 0 Å². The summed E-state index contributed by atoms with van der Waals surface area (Å²) in [7, 11) is 0. The van der Waals surface area contributed by atoms with Crippen molar-refractivity contribution in [3.05, 3.63) is 29.8 Å². The largest absolute Gasteiger partial charge is 0.416 e. The van der Waals surface area contributed by atoms with E-state index < -0.39 is 11.7 Å². The standard InChI is InChI=1S/C11H11F3N2/c12-11(13,14)7-2-1-3-8(4-7)16-6-9-10(16)5-15-9/h1-4,9-10,15H,5-6H2. The van der Waals surface area contributed by atoms with E-state index in [9.17, 15) is 13.2 Å². The van der Waals surface area contributed by atoms with Crippen molar-refractivity contribution in [2.45, 2.75) is 18.3 Å². The van der Waals surface area contributed by atoms with Gasteiger partial charge in [0.2, 0.25) is 0 Å². The maximum absolute atomic E-state index is 12.5. The monoisotopic (exact) mass is 228 g/mol. The molecule has 2 heterocycles. The molecule has 0 aliphatic carbocycles. The molecule has 0 spiro atoms. The van der Waals surface area contributed by atoms with Crippen molar-refractivity contribution in [3.8, 4) is 0 Å². The molecule has 0 radical (unpaired) electrons. The van der Waals surface area contributed by atoms with Crippen molar-refractivity contribution in [1.29, 1.82) is 0 Å². The first-order valence-corrected chi connectivity index (χ1v) is 5.23. The Hall–Kier alpha value is -1.23. The maximum Gasteiger partial charge on any atom is 0.416 e. The molecule has 0 aromatic heterocycles. The minimum absolute atomic E-state index is 0.392. The second-order valence-electron chi connectivity index (χ2n) is 4.28. The lowest BCUT2D eigenvalue weighted by molar-refractivity contribution is -0.137. The molecule has 0 amide bonds. The molecule has 2 aliphatic rings. The summed E-state index contributed by atoms with van der Waals surface area (Å²) in [6, 6.07) is 6.42. The molecule has 1 aromatic rings. The average Bonchev–Trinajstić information content (AvgIpc) is 2.21. The van der Waals surface area contributed by atoms with Crippen molar-refractivity contribution in [2.24, 2.45) is 0 Å². The third-order valence-corrected chi connectivity index (χ3v) is 3.35. The lowest BCUT2D eigenvalue weighted by Crippen LogP contribution is -2.78. The molecular weight excluding hydrogens is 217 g/mol. The minimum Gasteiger partial charge on any atom is -0.364 e.